The molecule has 0 fully saturated rings. The van der Waals surface area contributed by atoms with Gasteiger partial charge in [0.25, 0.3) is 5.91 Å². The molecular weight excluding hydrogens is 271 g/mol. The van der Waals surface area contributed by atoms with E-state index in [2.05, 4.69) is 0 Å². The molecule has 2 aromatic rings. The second kappa shape index (κ2) is 5.54. The van der Waals surface area contributed by atoms with Gasteiger partial charge in [-0.05, 0) is 18.2 Å². The van der Waals surface area contributed by atoms with Crippen molar-refractivity contribution in [2.45, 2.75) is 6.04 Å². The predicted octanol–water partition coefficient (Wildman–Crippen LogP) is 2.25. The Morgan fingerprint density at radius 3 is 2.71 bits per heavy atom. The van der Waals surface area contributed by atoms with Gasteiger partial charge in [0.05, 0.1) is 11.7 Å². The number of nitrogens with two attached hydrogens (primary N) is 1. The van der Waals surface area contributed by atoms with E-state index in [-0.39, 0.29) is 24.9 Å². The number of fused-ring (bicyclic) bond motifs is 1. The van der Waals surface area contributed by atoms with Gasteiger partial charge in [-0.25, -0.2) is 4.39 Å². The van der Waals surface area contributed by atoms with Crippen LogP contribution in [0.1, 0.15) is 11.6 Å². The van der Waals surface area contributed by atoms with Crippen LogP contribution in [-0.2, 0) is 4.79 Å². The highest BCUT2D eigenvalue weighted by Crippen LogP contribution is 2.32. The first-order valence-corrected chi connectivity index (χ1v) is 6.69. The Kier molecular flexibility index (Phi) is 3.58. The van der Waals surface area contributed by atoms with Crippen molar-refractivity contribution in [1.29, 1.82) is 0 Å². The summed E-state index contributed by atoms with van der Waals surface area (Å²) in [7, 11) is 0. The van der Waals surface area contributed by atoms with Gasteiger partial charge >= 0.3 is 0 Å². The lowest BCUT2D eigenvalue weighted by molar-refractivity contribution is -0.121. The summed E-state index contributed by atoms with van der Waals surface area (Å²) < 4.78 is 19.2. The zero-order valence-corrected chi connectivity index (χ0v) is 11.3. The number of anilines is 1. The van der Waals surface area contributed by atoms with Crippen LogP contribution >= 0.6 is 0 Å². The number of halogens is 1. The molecule has 1 atom stereocenters. The molecule has 0 aromatic heterocycles. The Bertz CT molecular complexity index is 675. The van der Waals surface area contributed by atoms with Crippen molar-refractivity contribution in [1.82, 2.24) is 0 Å². The van der Waals surface area contributed by atoms with E-state index in [1.54, 1.807) is 35.2 Å². The molecule has 2 N–H and O–H groups in total. The third kappa shape index (κ3) is 2.60. The normalized spacial score (nSPS) is 15.3. The SMILES string of the molecule is NC(CN1C(=O)COc2ccccc21)c1ccccc1F. The lowest BCUT2D eigenvalue weighted by Crippen LogP contribution is -2.42. The van der Waals surface area contributed by atoms with E-state index >= 15 is 0 Å². The van der Waals surface area contributed by atoms with E-state index in [1.165, 1.54) is 6.07 Å². The summed E-state index contributed by atoms with van der Waals surface area (Å²) in [5.74, 6) is 0.0947. The molecule has 1 aliphatic heterocycles. The summed E-state index contributed by atoms with van der Waals surface area (Å²) in [4.78, 5) is 13.6. The standard InChI is InChI=1S/C16H15FN2O2/c17-12-6-2-1-5-11(12)13(18)9-19-14-7-3-4-8-15(14)21-10-16(19)20/h1-8,13H,9-10,18H2. The quantitative estimate of drug-likeness (QED) is 0.941. The van der Waals surface area contributed by atoms with Gasteiger partial charge in [-0.2, -0.15) is 0 Å². The molecule has 3 rings (SSSR count). The third-order valence-electron chi connectivity index (χ3n) is 3.49. The molecule has 2 aromatic carbocycles. The predicted molar refractivity (Wildman–Crippen MR) is 77.6 cm³/mol. The fraction of sp³-hybridized carbons (Fsp3) is 0.188. The van der Waals surface area contributed by atoms with Crippen molar-refractivity contribution >= 4 is 11.6 Å². The van der Waals surface area contributed by atoms with Crippen LogP contribution in [0.4, 0.5) is 10.1 Å². The van der Waals surface area contributed by atoms with Crippen LogP contribution in [0.25, 0.3) is 0 Å². The fourth-order valence-electron chi connectivity index (χ4n) is 2.42. The zero-order chi connectivity index (χ0) is 14.8. The molecule has 0 radical (unpaired) electrons. The van der Waals surface area contributed by atoms with Crippen molar-refractivity contribution < 1.29 is 13.9 Å². The molecule has 0 aliphatic carbocycles. The van der Waals surface area contributed by atoms with E-state index in [9.17, 15) is 9.18 Å². The number of para-hydroxylation sites is 2. The fourth-order valence-corrected chi connectivity index (χ4v) is 2.42. The van der Waals surface area contributed by atoms with E-state index in [1.807, 2.05) is 12.1 Å². The Morgan fingerprint density at radius 1 is 1.19 bits per heavy atom. The zero-order valence-electron chi connectivity index (χ0n) is 11.3. The molecule has 1 unspecified atom stereocenters. The Balaban J connectivity index is 1.88. The van der Waals surface area contributed by atoms with Gasteiger partial charge in [-0.15, -0.1) is 0 Å². The molecule has 5 heteroatoms. The highest BCUT2D eigenvalue weighted by atomic mass is 19.1. The number of benzene rings is 2. The topological polar surface area (TPSA) is 55.6 Å². The monoisotopic (exact) mass is 286 g/mol. The highest BCUT2D eigenvalue weighted by molar-refractivity contribution is 5.97. The minimum Gasteiger partial charge on any atom is -0.482 e. The van der Waals surface area contributed by atoms with Crippen molar-refractivity contribution in [2.75, 3.05) is 18.1 Å². The summed E-state index contributed by atoms with van der Waals surface area (Å²) in [6, 6.07) is 13.0. The van der Waals surface area contributed by atoms with Crippen LogP contribution in [-0.4, -0.2) is 19.1 Å². The summed E-state index contributed by atoms with van der Waals surface area (Å²) in [5.41, 5.74) is 7.14. The molecule has 21 heavy (non-hydrogen) atoms. The van der Waals surface area contributed by atoms with Crippen LogP contribution < -0.4 is 15.4 Å². The van der Waals surface area contributed by atoms with Gasteiger partial charge in [0, 0.05) is 12.1 Å². The summed E-state index contributed by atoms with van der Waals surface area (Å²) in [5, 5.41) is 0. The Hall–Kier alpha value is -2.40. The number of amides is 1. The molecule has 0 saturated heterocycles. The van der Waals surface area contributed by atoms with Gasteiger partial charge < -0.3 is 15.4 Å². The minimum atomic E-state index is -0.596. The lowest BCUT2D eigenvalue weighted by atomic mass is 10.1. The average Bonchev–Trinajstić information content (AvgIpc) is 2.50. The van der Waals surface area contributed by atoms with Gasteiger partial charge in [-0.1, -0.05) is 30.3 Å². The van der Waals surface area contributed by atoms with Crippen LogP contribution in [0.5, 0.6) is 5.75 Å². The summed E-state index contributed by atoms with van der Waals surface area (Å²) in [6.07, 6.45) is 0. The molecular formula is C16H15FN2O2. The van der Waals surface area contributed by atoms with Gasteiger partial charge in [0.15, 0.2) is 6.61 Å². The number of hydrogen-bond donors (Lipinski definition) is 1. The second-order valence-corrected chi connectivity index (χ2v) is 4.89. The highest BCUT2D eigenvalue weighted by Gasteiger charge is 2.27. The number of ether oxygens (including phenoxy) is 1. The number of nitrogens with zero attached hydrogens (tertiary/aromatic N) is 1. The van der Waals surface area contributed by atoms with E-state index in [0.29, 0.717) is 17.0 Å². The van der Waals surface area contributed by atoms with Crippen LogP contribution in [0.3, 0.4) is 0 Å². The molecule has 0 bridgehead atoms. The Labute approximate surface area is 121 Å². The molecule has 1 amide bonds. The molecule has 0 spiro atoms. The van der Waals surface area contributed by atoms with Crippen LogP contribution in [0.2, 0.25) is 0 Å². The van der Waals surface area contributed by atoms with E-state index in [0.717, 1.165) is 0 Å². The van der Waals surface area contributed by atoms with Gasteiger partial charge in [-0.3, -0.25) is 4.79 Å². The van der Waals surface area contributed by atoms with E-state index < -0.39 is 6.04 Å². The largest absolute Gasteiger partial charge is 0.482 e. The maximum atomic E-state index is 13.8. The van der Waals surface area contributed by atoms with Crippen molar-refractivity contribution in [2.24, 2.45) is 5.73 Å². The Morgan fingerprint density at radius 2 is 1.90 bits per heavy atom. The maximum absolute atomic E-state index is 13.8. The van der Waals surface area contributed by atoms with Gasteiger partial charge in [0.1, 0.15) is 11.6 Å². The van der Waals surface area contributed by atoms with Crippen molar-refractivity contribution in [3.05, 3.63) is 59.9 Å². The first-order valence-electron chi connectivity index (χ1n) is 6.69. The molecule has 4 nitrogen and oxygen atoms in total. The number of rotatable bonds is 3. The van der Waals surface area contributed by atoms with Crippen LogP contribution in [0.15, 0.2) is 48.5 Å². The van der Waals surface area contributed by atoms with Gasteiger partial charge in [0.2, 0.25) is 0 Å². The number of carbonyl (C=O) groups is 1. The molecule has 108 valence electrons. The lowest BCUT2D eigenvalue weighted by Gasteiger charge is -2.31. The average molecular weight is 286 g/mol. The van der Waals surface area contributed by atoms with Crippen molar-refractivity contribution in [3.8, 4) is 5.75 Å². The first kappa shape index (κ1) is 13.6. The number of hydrogen-bond acceptors (Lipinski definition) is 3. The smallest absolute Gasteiger partial charge is 0.265 e. The minimum absolute atomic E-state index is 0.0268. The van der Waals surface area contributed by atoms with E-state index in [4.69, 9.17) is 10.5 Å². The molecule has 0 saturated carbocycles. The summed E-state index contributed by atoms with van der Waals surface area (Å²) >= 11 is 0. The molecule has 1 heterocycles. The number of carbonyl (C=O) groups excluding carboxylic acids is 1. The first-order chi connectivity index (χ1) is 10.2. The summed E-state index contributed by atoms with van der Waals surface area (Å²) in [6.45, 7) is 0.182. The van der Waals surface area contributed by atoms with Crippen LogP contribution in [0, 0.1) is 5.82 Å². The maximum Gasteiger partial charge on any atom is 0.265 e. The molecule has 1 aliphatic rings. The third-order valence-corrected chi connectivity index (χ3v) is 3.49. The van der Waals surface area contributed by atoms with Crippen molar-refractivity contribution in [3.63, 3.8) is 0 Å². The second-order valence-electron chi connectivity index (χ2n) is 4.89.